The first-order valence-electron chi connectivity index (χ1n) is 12.0. The van der Waals surface area contributed by atoms with Crippen LogP contribution in [0.25, 0.3) is 0 Å². The second-order valence-electron chi connectivity index (χ2n) is 10.00. The van der Waals surface area contributed by atoms with Crippen LogP contribution in [-0.2, 0) is 23.8 Å². The highest BCUT2D eigenvalue weighted by Crippen LogP contribution is 2.38. The summed E-state index contributed by atoms with van der Waals surface area (Å²) in [5, 5.41) is 0. The quantitative estimate of drug-likeness (QED) is 0.448. The molecule has 0 unspecified atom stereocenters. The molecule has 4 amide bonds. The van der Waals surface area contributed by atoms with Gasteiger partial charge in [0, 0.05) is 11.8 Å². The molecule has 0 bridgehead atoms. The monoisotopic (exact) mass is 506 g/mol. The minimum absolute atomic E-state index is 0.0379. The number of esters is 1. The van der Waals surface area contributed by atoms with Gasteiger partial charge in [-0.15, -0.1) is 0 Å². The van der Waals surface area contributed by atoms with Crippen molar-refractivity contribution >= 4 is 29.8 Å². The summed E-state index contributed by atoms with van der Waals surface area (Å²) in [6.07, 6.45) is -3.02. The van der Waals surface area contributed by atoms with Gasteiger partial charge < -0.3 is 14.2 Å². The molecular weight excluding hydrogens is 480 g/mol. The third-order valence-corrected chi connectivity index (χ3v) is 6.95. The van der Waals surface area contributed by atoms with Crippen molar-refractivity contribution in [1.29, 1.82) is 0 Å². The summed E-state index contributed by atoms with van der Waals surface area (Å²) in [6, 6.07) is 13.0. The Bertz CT molecular complexity index is 1260. The average molecular weight is 507 g/mol. The predicted octanol–water partition coefficient (Wildman–Crippen LogP) is 3.08. The van der Waals surface area contributed by atoms with Crippen LogP contribution in [0.3, 0.4) is 0 Å². The first-order valence-corrected chi connectivity index (χ1v) is 12.0. The van der Waals surface area contributed by atoms with Gasteiger partial charge in [-0.25, -0.2) is 14.5 Å². The molecule has 3 aliphatic rings. The molecule has 2 saturated heterocycles. The lowest BCUT2D eigenvalue weighted by Crippen LogP contribution is -2.56. The van der Waals surface area contributed by atoms with E-state index in [1.54, 1.807) is 42.5 Å². The van der Waals surface area contributed by atoms with Crippen molar-refractivity contribution < 1.29 is 38.2 Å². The number of cyclic esters (lactones) is 2. The van der Waals surface area contributed by atoms with Gasteiger partial charge in [0.1, 0.15) is 6.04 Å². The molecule has 10 nitrogen and oxygen atoms in total. The molecule has 3 aliphatic heterocycles. The summed E-state index contributed by atoms with van der Waals surface area (Å²) in [7, 11) is 0. The fraction of sp³-hybridized carbons (Fsp3) is 0.370. The number of nitrogens with zero attached hydrogens (tertiary/aromatic N) is 2. The molecule has 0 spiro atoms. The Hall–Kier alpha value is -4.05. The Morgan fingerprint density at radius 2 is 1.57 bits per heavy atom. The van der Waals surface area contributed by atoms with E-state index in [4.69, 9.17) is 14.2 Å². The van der Waals surface area contributed by atoms with Crippen LogP contribution in [0.4, 0.5) is 4.79 Å². The number of fused-ring (bicyclic) bond motifs is 1. The maximum absolute atomic E-state index is 13.7. The Morgan fingerprint density at radius 3 is 2.14 bits per heavy atom. The van der Waals surface area contributed by atoms with Gasteiger partial charge in [0.15, 0.2) is 6.10 Å². The smallest absolute Gasteiger partial charge is 0.419 e. The minimum Gasteiger partial charge on any atom is -0.463 e. The molecular formula is C27H26N2O8. The van der Waals surface area contributed by atoms with Crippen LogP contribution in [0.5, 0.6) is 0 Å². The number of ether oxygens (including phenoxy) is 3. The summed E-state index contributed by atoms with van der Waals surface area (Å²) in [5.74, 6) is -2.53. The maximum Gasteiger partial charge on any atom is 0.419 e. The second-order valence-corrected chi connectivity index (χ2v) is 10.00. The van der Waals surface area contributed by atoms with Crippen LogP contribution in [0.1, 0.15) is 59.5 Å². The lowest BCUT2D eigenvalue weighted by molar-refractivity contribution is -0.196. The van der Waals surface area contributed by atoms with Crippen molar-refractivity contribution in [3.8, 4) is 0 Å². The molecule has 0 aliphatic carbocycles. The van der Waals surface area contributed by atoms with Gasteiger partial charge in [-0.1, -0.05) is 56.3 Å². The summed E-state index contributed by atoms with van der Waals surface area (Å²) < 4.78 is 16.5. The molecule has 37 heavy (non-hydrogen) atoms. The van der Waals surface area contributed by atoms with Crippen molar-refractivity contribution in [2.24, 2.45) is 5.41 Å². The van der Waals surface area contributed by atoms with E-state index in [2.05, 4.69) is 0 Å². The van der Waals surface area contributed by atoms with Crippen LogP contribution >= 0.6 is 0 Å². The highest BCUT2D eigenvalue weighted by Gasteiger charge is 2.50. The van der Waals surface area contributed by atoms with Gasteiger partial charge in [0.2, 0.25) is 6.29 Å². The van der Waals surface area contributed by atoms with Gasteiger partial charge in [-0.3, -0.25) is 19.3 Å². The highest BCUT2D eigenvalue weighted by atomic mass is 16.7. The number of carbonyl (C=O) groups excluding carboxylic acids is 5. The standard InChI is InChI=1S/C27H26N2O8/c1-15(28-23(31)17-11-7-8-12-18(17)24(28)32)22(30)29-19(16-9-5-4-6-10-16)13-20(37-26(29)34)36-21-25(33)35-14-27(21,2)3/h4-12,15,19-21H,13-14H2,1-3H3/t15-,19-,20-,21+/m1/s1. The molecule has 2 aromatic carbocycles. The van der Waals surface area contributed by atoms with Gasteiger partial charge >= 0.3 is 12.1 Å². The van der Waals surface area contributed by atoms with Gasteiger partial charge in [0.25, 0.3) is 17.7 Å². The fourth-order valence-electron chi connectivity index (χ4n) is 4.91. The molecule has 2 fully saturated rings. The van der Waals surface area contributed by atoms with Gasteiger partial charge in [-0.05, 0) is 24.6 Å². The summed E-state index contributed by atoms with van der Waals surface area (Å²) >= 11 is 0. The van der Waals surface area contributed by atoms with Crippen LogP contribution in [0.15, 0.2) is 54.6 Å². The van der Waals surface area contributed by atoms with Crippen LogP contribution in [0, 0.1) is 5.41 Å². The Labute approximate surface area is 213 Å². The van der Waals surface area contributed by atoms with E-state index in [9.17, 15) is 24.0 Å². The van der Waals surface area contributed by atoms with Crippen molar-refractivity contribution in [3.05, 3.63) is 71.3 Å². The maximum atomic E-state index is 13.7. The van der Waals surface area contributed by atoms with E-state index in [1.807, 2.05) is 13.8 Å². The fourth-order valence-corrected chi connectivity index (χ4v) is 4.91. The average Bonchev–Trinajstić information content (AvgIpc) is 3.29. The van der Waals surface area contributed by atoms with E-state index in [1.165, 1.54) is 19.1 Å². The van der Waals surface area contributed by atoms with E-state index in [-0.39, 0.29) is 24.2 Å². The lowest BCUT2D eigenvalue weighted by Gasteiger charge is -2.40. The Morgan fingerprint density at radius 1 is 0.973 bits per heavy atom. The number of imide groups is 2. The summed E-state index contributed by atoms with van der Waals surface area (Å²) in [6.45, 7) is 5.18. The zero-order valence-electron chi connectivity index (χ0n) is 20.6. The number of rotatable bonds is 5. The van der Waals surface area contributed by atoms with Crippen molar-refractivity contribution in [2.75, 3.05) is 6.61 Å². The van der Waals surface area contributed by atoms with E-state index in [0.29, 0.717) is 5.56 Å². The van der Waals surface area contributed by atoms with Gasteiger partial charge in [-0.2, -0.15) is 0 Å². The number of amides is 4. The molecule has 5 rings (SSSR count). The molecule has 0 saturated carbocycles. The molecule has 0 N–H and O–H groups in total. The van der Waals surface area contributed by atoms with Crippen LogP contribution in [-0.4, -0.2) is 64.6 Å². The SMILES string of the molecule is C[C@H](C(=O)N1C(=O)O[C@@H](O[C@H]2C(=O)OCC2(C)C)C[C@@H]1c1ccccc1)N1C(=O)c2ccccc2C1=O. The summed E-state index contributed by atoms with van der Waals surface area (Å²) in [4.78, 5) is 66.9. The van der Waals surface area contributed by atoms with Crippen LogP contribution in [0.2, 0.25) is 0 Å². The summed E-state index contributed by atoms with van der Waals surface area (Å²) in [5.41, 5.74) is 0.405. The molecule has 10 heteroatoms. The number of benzene rings is 2. The molecule has 2 aromatic rings. The van der Waals surface area contributed by atoms with E-state index >= 15 is 0 Å². The number of carbonyl (C=O) groups is 5. The first-order chi connectivity index (χ1) is 17.6. The molecule has 0 radical (unpaired) electrons. The number of hydrogen-bond donors (Lipinski definition) is 0. The third kappa shape index (κ3) is 4.17. The van der Waals surface area contributed by atoms with Crippen LogP contribution < -0.4 is 0 Å². The van der Waals surface area contributed by atoms with Crippen molar-refractivity contribution in [2.45, 2.75) is 51.7 Å². The molecule has 3 heterocycles. The molecule has 0 aromatic heterocycles. The van der Waals surface area contributed by atoms with E-state index < -0.39 is 59.7 Å². The second kappa shape index (κ2) is 9.11. The third-order valence-electron chi connectivity index (χ3n) is 6.95. The molecule has 192 valence electrons. The largest absolute Gasteiger partial charge is 0.463 e. The Balaban J connectivity index is 1.42. The zero-order chi connectivity index (χ0) is 26.5. The normalized spacial score (nSPS) is 25.5. The lowest BCUT2D eigenvalue weighted by atomic mass is 9.89. The predicted molar refractivity (Wildman–Crippen MR) is 127 cm³/mol. The zero-order valence-corrected chi connectivity index (χ0v) is 20.6. The minimum atomic E-state index is -1.27. The van der Waals surface area contributed by atoms with Crippen molar-refractivity contribution in [3.63, 3.8) is 0 Å². The highest BCUT2D eigenvalue weighted by molar-refractivity contribution is 6.23. The first kappa shape index (κ1) is 24.6. The number of hydrogen-bond acceptors (Lipinski definition) is 8. The Kier molecular flexibility index (Phi) is 6.07. The van der Waals surface area contributed by atoms with Crippen molar-refractivity contribution in [1.82, 2.24) is 9.80 Å². The topological polar surface area (TPSA) is 120 Å². The molecule has 4 atom stereocenters. The van der Waals surface area contributed by atoms with Gasteiger partial charge in [0.05, 0.1) is 23.8 Å². The van der Waals surface area contributed by atoms with E-state index in [0.717, 1.165) is 9.80 Å².